The molecule has 0 atom stereocenters. The van der Waals surface area contributed by atoms with Gasteiger partial charge in [-0.15, -0.1) is 11.3 Å². The van der Waals surface area contributed by atoms with E-state index in [0.717, 1.165) is 22.3 Å². The molecule has 20 heavy (non-hydrogen) atoms. The summed E-state index contributed by atoms with van der Waals surface area (Å²) < 4.78 is 0.968. The van der Waals surface area contributed by atoms with Crippen molar-refractivity contribution in [2.24, 2.45) is 0 Å². The highest BCUT2D eigenvalue weighted by molar-refractivity contribution is 9.10. The fourth-order valence-corrected chi connectivity index (χ4v) is 3.38. The number of halogens is 1. The maximum Gasteiger partial charge on any atom is 0.159 e. The lowest BCUT2D eigenvalue weighted by atomic mass is 10.1. The summed E-state index contributed by atoms with van der Waals surface area (Å²) in [5.41, 5.74) is 1.86. The van der Waals surface area contributed by atoms with Gasteiger partial charge in [-0.3, -0.25) is 4.79 Å². The number of carbonyl (C=O) groups excluding carboxylic acids is 1. The summed E-state index contributed by atoms with van der Waals surface area (Å²) in [5, 5.41) is 2.10. The number of Topliss-reactive ketones (excluding diaryl/α,β-unsaturated/α-hetero) is 1. The Labute approximate surface area is 132 Å². The Kier molecular flexibility index (Phi) is 5.00. The van der Waals surface area contributed by atoms with Crippen LogP contribution in [0.3, 0.4) is 0 Å². The third-order valence-corrected chi connectivity index (χ3v) is 4.69. The Bertz CT molecular complexity index is 593. The Hall–Kier alpha value is -1.13. The van der Waals surface area contributed by atoms with E-state index in [1.807, 2.05) is 18.2 Å². The molecule has 0 N–H and O–H groups in total. The van der Waals surface area contributed by atoms with Crippen LogP contribution in [0.4, 0.5) is 5.69 Å². The number of benzene rings is 1. The van der Waals surface area contributed by atoms with Gasteiger partial charge in [0, 0.05) is 21.0 Å². The SMILES string of the molecule is CC(=O)c1ccc(N(Cc2cccs2)C(C)C)c(Br)c1. The summed E-state index contributed by atoms with van der Waals surface area (Å²) in [6.45, 7) is 6.83. The number of nitrogens with zero attached hydrogens (tertiary/aromatic N) is 1. The van der Waals surface area contributed by atoms with Gasteiger partial charge in [0.05, 0.1) is 12.2 Å². The molecule has 2 rings (SSSR count). The summed E-state index contributed by atoms with van der Waals surface area (Å²) >= 11 is 5.36. The Balaban J connectivity index is 2.32. The van der Waals surface area contributed by atoms with E-state index in [1.165, 1.54) is 4.88 Å². The molecule has 2 nitrogen and oxygen atoms in total. The van der Waals surface area contributed by atoms with Crippen molar-refractivity contribution in [1.82, 2.24) is 0 Å². The van der Waals surface area contributed by atoms with E-state index in [-0.39, 0.29) is 5.78 Å². The van der Waals surface area contributed by atoms with Gasteiger partial charge in [-0.25, -0.2) is 0 Å². The lowest BCUT2D eigenvalue weighted by Crippen LogP contribution is -2.30. The van der Waals surface area contributed by atoms with Crippen molar-refractivity contribution in [2.75, 3.05) is 4.90 Å². The van der Waals surface area contributed by atoms with E-state index < -0.39 is 0 Å². The molecule has 0 amide bonds. The molecule has 1 heterocycles. The van der Waals surface area contributed by atoms with Crippen LogP contribution in [0.5, 0.6) is 0 Å². The van der Waals surface area contributed by atoms with Gasteiger partial charge in [-0.2, -0.15) is 0 Å². The second kappa shape index (κ2) is 6.55. The fraction of sp³-hybridized carbons (Fsp3) is 0.312. The molecular weight excluding hydrogens is 334 g/mol. The molecule has 1 aromatic heterocycles. The summed E-state index contributed by atoms with van der Waals surface area (Å²) in [4.78, 5) is 15.1. The van der Waals surface area contributed by atoms with E-state index in [2.05, 4.69) is 52.2 Å². The number of anilines is 1. The first kappa shape index (κ1) is 15.3. The predicted octanol–water partition coefficient (Wildman–Crippen LogP) is 5.13. The van der Waals surface area contributed by atoms with Crippen LogP contribution in [-0.4, -0.2) is 11.8 Å². The largest absolute Gasteiger partial charge is 0.363 e. The summed E-state index contributed by atoms with van der Waals surface area (Å²) in [6.07, 6.45) is 0. The molecule has 4 heteroatoms. The fourth-order valence-electron chi connectivity index (χ4n) is 2.08. The highest BCUT2D eigenvalue weighted by atomic mass is 79.9. The van der Waals surface area contributed by atoms with Crippen LogP contribution < -0.4 is 4.90 Å². The minimum absolute atomic E-state index is 0.0894. The predicted molar refractivity (Wildman–Crippen MR) is 89.8 cm³/mol. The quantitative estimate of drug-likeness (QED) is 0.696. The van der Waals surface area contributed by atoms with Crippen LogP contribution in [0, 0.1) is 0 Å². The topological polar surface area (TPSA) is 20.3 Å². The second-order valence-electron chi connectivity index (χ2n) is 5.02. The molecule has 1 aromatic carbocycles. The monoisotopic (exact) mass is 351 g/mol. The number of rotatable bonds is 5. The van der Waals surface area contributed by atoms with Gasteiger partial charge in [0.25, 0.3) is 0 Å². The number of hydrogen-bond donors (Lipinski definition) is 0. The summed E-state index contributed by atoms with van der Waals surface area (Å²) in [6, 6.07) is 10.4. The third kappa shape index (κ3) is 3.49. The molecule has 0 aliphatic carbocycles. The van der Waals surface area contributed by atoms with E-state index in [0.29, 0.717) is 6.04 Å². The molecule has 0 fully saturated rings. The molecule has 0 aliphatic heterocycles. The van der Waals surface area contributed by atoms with Gasteiger partial charge in [-0.1, -0.05) is 6.07 Å². The maximum atomic E-state index is 11.4. The lowest BCUT2D eigenvalue weighted by molar-refractivity contribution is 0.101. The van der Waals surface area contributed by atoms with Gasteiger partial charge in [0.15, 0.2) is 5.78 Å². The van der Waals surface area contributed by atoms with Gasteiger partial charge in [0.2, 0.25) is 0 Å². The molecule has 0 bridgehead atoms. The van der Waals surface area contributed by atoms with Gasteiger partial charge >= 0.3 is 0 Å². The number of hydrogen-bond acceptors (Lipinski definition) is 3. The average molecular weight is 352 g/mol. The van der Waals surface area contributed by atoms with Crippen LogP contribution in [0.1, 0.15) is 36.0 Å². The summed E-state index contributed by atoms with van der Waals surface area (Å²) in [7, 11) is 0. The van der Waals surface area contributed by atoms with Crippen molar-refractivity contribution >= 4 is 38.7 Å². The van der Waals surface area contributed by atoms with Crippen molar-refractivity contribution in [3.63, 3.8) is 0 Å². The zero-order valence-corrected chi connectivity index (χ0v) is 14.3. The van der Waals surface area contributed by atoms with Crippen molar-refractivity contribution < 1.29 is 4.79 Å². The second-order valence-corrected chi connectivity index (χ2v) is 6.91. The van der Waals surface area contributed by atoms with Crippen LogP contribution in [0.15, 0.2) is 40.2 Å². The van der Waals surface area contributed by atoms with E-state index in [9.17, 15) is 4.79 Å². The van der Waals surface area contributed by atoms with Gasteiger partial charge < -0.3 is 4.90 Å². The third-order valence-electron chi connectivity index (χ3n) is 3.19. The molecule has 106 valence electrons. The average Bonchev–Trinajstić information content (AvgIpc) is 2.89. The normalized spacial score (nSPS) is 10.8. The zero-order valence-electron chi connectivity index (χ0n) is 11.9. The van der Waals surface area contributed by atoms with Gasteiger partial charge in [0.1, 0.15) is 0 Å². The maximum absolute atomic E-state index is 11.4. The first-order chi connectivity index (χ1) is 9.49. The highest BCUT2D eigenvalue weighted by Crippen LogP contribution is 2.31. The van der Waals surface area contributed by atoms with Crippen molar-refractivity contribution in [3.8, 4) is 0 Å². The molecule has 0 saturated carbocycles. The Morgan fingerprint density at radius 1 is 1.35 bits per heavy atom. The van der Waals surface area contributed by atoms with E-state index in [1.54, 1.807) is 18.3 Å². The lowest BCUT2D eigenvalue weighted by Gasteiger charge is -2.29. The number of thiophene rings is 1. The molecule has 0 saturated heterocycles. The van der Waals surface area contributed by atoms with Crippen molar-refractivity contribution in [3.05, 3.63) is 50.6 Å². The van der Waals surface area contributed by atoms with Gasteiger partial charge in [-0.05, 0) is 66.3 Å². The summed E-state index contributed by atoms with van der Waals surface area (Å²) in [5.74, 6) is 0.0894. The number of ketones is 1. The molecule has 0 spiro atoms. The standard InChI is InChI=1S/C16H18BrNOS/c1-11(2)18(10-14-5-4-8-20-14)16-7-6-13(12(3)19)9-15(16)17/h4-9,11H,10H2,1-3H3. The van der Waals surface area contributed by atoms with Crippen molar-refractivity contribution in [2.45, 2.75) is 33.4 Å². The first-order valence-corrected chi connectivity index (χ1v) is 8.26. The Morgan fingerprint density at radius 3 is 2.60 bits per heavy atom. The molecule has 0 unspecified atom stereocenters. The minimum atomic E-state index is 0.0894. The van der Waals surface area contributed by atoms with E-state index in [4.69, 9.17) is 0 Å². The number of carbonyl (C=O) groups is 1. The minimum Gasteiger partial charge on any atom is -0.363 e. The Morgan fingerprint density at radius 2 is 2.10 bits per heavy atom. The molecule has 0 radical (unpaired) electrons. The zero-order chi connectivity index (χ0) is 14.7. The molecular formula is C16H18BrNOS. The van der Waals surface area contributed by atoms with Crippen LogP contribution in [-0.2, 0) is 6.54 Å². The molecule has 2 aromatic rings. The smallest absolute Gasteiger partial charge is 0.159 e. The first-order valence-electron chi connectivity index (χ1n) is 6.58. The van der Waals surface area contributed by atoms with Crippen molar-refractivity contribution in [1.29, 1.82) is 0 Å². The highest BCUT2D eigenvalue weighted by Gasteiger charge is 2.15. The molecule has 0 aliphatic rings. The van der Waals surface area contributed by atoms with Crippen LogP contribution >= 0.6 is 27.3 Å². The van der Waals surface area contributed by atoms with Crippen LogP contribution in [0.25, 0.3) is 0 Å². The van der Waals surface area contributed by atoms with E-state index >= 15 is 0 Å². The van der Waals surface area contributed by atoms with Crippen LogP contribution in [0.2, 0.25) is 0 Å².